The van der Waals surface area contributed by atoms with E-state index in [2.05, 4.69) is 10.0 Å². The van der Waals surface area contributed by atoms with E-state index in [4.69, 9.17) is 4.74 Å². The zero-order valence-electron chi connectivity index (χ0n) is 17.4. The van der Waals surface area contributed by atoms with E-state index in [1.165, 1.54) is 12.1 Å². The van der Waals surface area contributed by atoms with Crippen LogP contribution in [-0.2, 0) is 24.3 Å². The molecule has 1 aromatic carbocycles. The number of carbonyl (C=O) groups excluding carboxylic acids is 3. The zero-order chi connectivity index (χ0) is 22.2. The van der Waals surface area contributed by atoms with Gasteiger partial charge in [0.1, 0.15) is 6.04 Å². The molecule has 0 saturated carbocycles. The third-order valence-corrected chi connectivity index (χ3v) is 5.56. The van der Waals surface area contributed by atoms with Crippen molar-refractivity contribution in [1.82, 2.24) is 15.4 Å². The Labute approximate surface area is 171 Å². The van der Waals surface area contributed by atoms with Crippen LogP contribution in [-0.4, -0.2) is 45.5 Å². The Hall–Kier alpha value is -2.46. The molecule has 0 unspecified atom stereocenters. The lowest BCUT2D eigenvalue weighted by molar-refractivity contribution is -0.150. The van der Waals surface area contributed by atoms with Crippen LogP contribution in [0.5, 0.6) is 0 Å². The van der Waals surface area contributed by atoms with E-state index < -0.39 is 46.5 Å². The van der Waals surface area contributed by atoms with E-state index in [0.29, 0.717) is 13.0 Å². The van der Waals surface area contributed by atoms with Gasteiger partial charge in [0, 0.05) is 6.54 Å². The number of nitrogens with one attached hydrogen (secondary N) is 3. The molecule has 0 fully saturated rings. The van der Waals surface area contributed by atoms with E-state index in [-0.39, 0.29) is 4.90 Å². The number of esters is 1. The maximum absolute atomic E-state index is 12.6. The molecular weight excluding hydrogens is 398 g/mol. The molecule has 1 rings (SSSR count). The van der Waals surface area contributed by atoms with Gasteiger partial charge in [-0.25, -0.2) is 13.2 Å². The molecular formula is C19H29N3O6S. The predicted octanol–water partition coefficient (Wildman–Crippen LogP) is 1.39. The molecule has 0 aliphatic rings. The van der Waals surface area contributed by atoms with Crippen molar-refractivity contribution < 1.29 is 27.5 Å². The van der Waals surface area contributed by atoms with Crippen molar-refractivity contribution >= 4 is 27.9 Å². The molecule has 0 spiro atoms. The molecule has 1 aromatic rings. The van der Waals surface area contributed by atoms with Gasteiger partial charge in [0.15, 0.2) is 6.61 Å². The second-order valence-electron chi connectivity index (χ2n) is 7.00. The number of benzene rings is 1. The Bertz CT molecular complexity index is 852. The Morgan fingerprint density at radius 2 is 1.76 bits per heavy atom. The monoisotopic (exact) mass is 427 g/mol. The van der Waals surface area contributed by atoms with Gasteiger partial charge in [-0.2, -0.15) is 4.72 Å². The van der Waals surface area contributed by atoms with Crippen LogP contribution < -0.4 is 15.4 Å². The van der Waals surface area contributed by atoms with E-state index in [1.54, 1.807) is 26.8 Å². The van der Waals surface area contributed by atoms with Crippen molar-refractivity contribution in [1.29, 1.82) is 0 Å². The van der Waals surface area contributed by atoms with Crippen LogP contribution in [0.2, 0.25) is 0 Å². The van der Waals surface area contributed by atoms with E-state index in [0.717, 1.165) is 11.1 Å². The predicted molar refractivity (Wildman–Crippen MR) is 108 cm³/mol. The first-order chi connectivity index (χ1) is 13.5. The SMILES string of the molecule is CCCNC(=O)NC(=O)COC(=O)[C@@H](NS(=O)(=O)c1ccc(C)c(C)c1)C(C)C. The number of amides is 3. The van der Waals surface area contributed by atoms with Crippen LogP contribution in [0.25, 0.3) is 0 Å². The average molecular weight is 428 g/mol. The quantitative estimate of drug-likeness (QED) is 0.511. The maximum atomic E-state index is 12.6. The van der Waals surface area contributed by atoms with Crippen LogP contribution >= 0.6 is 0 Å². The summed E-state index contributed by atoms with van der Waals surface area (Å²) in [7, 11) is -3.97. The molecule has 9 nitrogen and oxygen atoms in total. The first-order valence-corrected chi connectivity index (χ1v) is 10.8. The average Bonchev–Trinajstić information content (AvgIpc) is 2.64. The summed E-state index contributed by atoms with van der Waals surface area (Å²) < 4.78 is 32.5. The highest BCUT2D eigenvalue weighted by Crippen LogP contribution is 2.16. The maximum Gasteiger partial charge on any atom is 0.324 e. The van der Waals surface area contributed by atoms with Crippen LogP contribution in [0.3, 0.4) is 0 Å². The molecule has 1 atom stereocenters. The van der Waals surface area contributed by atoms with Gasteiger partial charge >= 0.3 is 12.0 Å². The number of ether oxygens (including phenoxy) is 1. The first-order valence-electron chi connectivity index (χ1n) is 9.31. The molecule has 0 saturated heterocycles. The Morgan fingerprint density at radius 1 is 1.10 bits per heavy atom. The van der Waals surface area contributed by atoms with Crippen LogP contribution in [0.15, 0.2) is 23.1 Å². The highest BCUT2D eigenvalue weighted by Gasteiger charge is 2.30. The largest absolute Gasteiger partial charge is 0.454 e. The molecule has 0 bridgehead atoms. The molecule has 3 amide bonds. The number of aryl methyl sites for hydroxylation is 2. The van der Waals surface area contributed by atoms with Gasteiger partial charge in [0.05, 0.1) is 4.90 Å². The molecule has 0 aliphatic carbocycles. The number of imide groups is 1. The summed E-state index contributed by atoms with van der Waals surface area (Å²) >= 11 is 0. The first kappa shape index (κ1) is 24.6. The van der Waals surface area contributed by atoms with Crippen molar-refractivity contribution in [2.75, 3.05) is 13.2 Å². The second kappa shape index (κ2) is 10.9. The van der Waals surface area contributed by atoms with Crippen molar-refractivity contribution in [3.05, 3.63) is 29.3 Å². The van der Waals surface area contributed by atoms with Crippen LogP contribution in [0, 0.1) is 19.8 Å². The number of carbonyl (C=O) groups is 3. The summed E-state index contributed by atoms with van der Waals surface area (Å²) in [5.74, 6) is -2.15. The van der Waals surface area contributed by atoms with Crippen molar-refractivity contribution in [2.24, 2.45) is 5.92 Å². The van der Waals surface area contributed by atoms with Gasteiger partial charge < -0.3 is 10.1 Å². The van der Waals surface area contributed by atoms with E-state index >= 15 is 0 Å². The molecule has 0 heterocycles. The minimum Gasteiger partial charge on any atom is -0.454 e. The van der Waals surface area contributed by atoms with E-state index in [9.17, 15) is 22.8 Å². The van der Waals surface area contributed by atoms with E-state index in [1.807, 2.05) is 19.2 Å². The Kier molecular flexibility index (Phi) is 9.25. The Balaban J connectivity index is 2.76. The second-order valence-corrected chi connectivity index (χ2v) is 8.71. The third-order valence-electron chi connectivity index (χ3n) is 4.13. The third kappa shape index (κ3) is 7.82. The number of hydrogen-bond acceptors (Lipinski definition) is 6. The fourth-order valence-corrected chi connectivity index (χ4v) is 3.66. The number of sulfonamides is 1. The minimum absolute atomic E-state index is 0.0318. The number of hydrogen-bond donors (Lipinski definition) is 3. The van der Waals surface area contributed by atoms with Gasteiger partial charge in [-0.15, -0.1) is 0 Å². The lowest BCUT2D eigenvalue weighted by atomic mass is 10.1. The van der Waals surface area contributed by atoms with Crippen molar-refractivity contribution in [3.63, 3.8) is 0 Å². The summed E-state index contributed by atoms with van der Waals surface area (Å²) in [6.07, 6.45) is 0.702. The summed E-state index contributed by atoms with van der Waals surface area (Å²) in [4.78, 5) is 35.5. The minimum atomic E-state index is -3.97. The van der Waals surface area contributed by atoms with Gasteiger partial charge in [-0.3, -0.25) is 14.9 Å². The van der Waals surface area contributed by atoms with Gasteiger partial charge in [-0.1, -0.05) is 26.8 Å². The zero-order valence-corrected chi connectivity index (χ0v) is 18.2. The molecule has 0 radical (unpaired) electrons. The van der Waals surface area contributed by atoms with Crippen LogP contribution in [0.4, 0.5) is 4.79 Å². The van der Waals surface area contributed by atoms with Crippen molar-refractivity contribution in [2.45, 2.75) is 52.0 Å². The summed E-state index contributed by atoms with van der Waals surface area (Å²) in [5, 5.41) is 4.47. The molecule has 3 N–H and O–H groups in total. The summed E-state index contributed by atoms with van der Waals surface area (Å²) in [6, 6.07) is 2.77. The molecule has 10 heteroatoms. The lowest BCUT2D eigenvalue weighted by Gasteiger charge is -2.21. The summed E-state index contributed by atoms with van der Waals surface area (Å²) in [6.45, 7) is 8.50. The number of urea groups is 1. The van der Waals surface area contributed by atoms with Crippen LogP contribution in [0.1, 0.15) is 38.3 Å². The van der Waals surface area contributed by atoms with Gasteiger partial charge in [0.2, 0.25) is 10.0 Å². The normalized spacial score (nSPS) is 12.3. The lowest BCUT2D eigenvalue weighted by Crippen LogP contribution is -2.47. The highest BCUT2D eigenvalue weighted by molar-refractivity contribution is 7.89. The van der Waals surface area contributed by atoms with Gasteiger partial charge in [-0.05, 0) is 49.4 Å². The highest BCUT2D eigenvalue weighted by atomic mass is 32.2. The van der Waals surface area contributed by atoms with Gasteiger partial charge in [0.25, 0.3) is 5.91 Å². The number of rotatable bonds is 9. The Morgan fingerprint density at radius 3 is 2.31 bits per heavy atom. The topological polar surface area (TPSA) is 131 Å². The summed E-state index contributed by atoms with van der Waals surface area (Å²) in [5.41, 5.74) is 1.74. The fraction of sp³-hybridized carbons (Fsp3) is 0.526. The molecule has 0 aliphatic heterocycles. The molecule has 162 valence electrons. The standard InChI is InChI=1S/C19H29N3O6S/c1-6-9-20-19(25)21-16(23)11-28-18(24)17(12(2)3)22-29(26,27)15-8-7-13(4)14(5)10-15/h7-8,10,12,17,22H,6,9,11H2,1-5H3,(H2,20,21,23,25)/t17-/m0/s1. The molecule has 0 aromatic heterocycles. The fourth-order valence-electron chi connectivity index (χ4n) is 2.24. The molecule has 29 heavy (non-hydrogen) atoms. The smallest absolute Gasteiger partial charge is 0.324 e. The van der Waals surface area contributed by atoms with Crippen molar-refractivity contribution in [3.8, 4) is 0 Å².